The van der Waals surface area contributed by atoms with Crippen LogP contribution in [-0.2, 0) is 10.8 Å². The second kappa shape index (κ2) is 8.81. The van der Waals surface area contributed by atoms with E-state index in [1.807, 2.05) is 11.8 Å². The minimum Gasteiger partial charge on any atom is -0.375 e. The van der Waals surface area contributed by atoms with Gasteiger partial charge in [-0.3, -0.25) is 0 Å². The molecule has 1 aromatic heterocycles. The lowest BCUT2D eigenvalue weighted by Gasteiger charge is -2.41. The molecule has 5 aromatic carbocycles. The summed E-state index contributed by atoms with van der Waals surface area (Å²) in [5.74, 6) is 0. The molecule has 3 heterocycles. The maximum absolute atomic E-state index is 2.67. The van der Waals surface area contributed by atoms with E-state index in [9.17, 15) is 0 Å². The number of hydrogen-bond donors (Lipinski definition) is 0. The molecule has 0 spiro atoms. The zero-order chi connectivity index (χ0) is 29.0. The number of nitrogens with zero attached hydrogens (tertiary/aromatic N) is 2. The van der Waals surface area contributed by atoms with Gasteiger partial charge in [0.25, 0.3) is 0 Å². The van der Waals surface area contributed by atoms with E-state index in [1.165, 1.54) is 70.7 Å². The molecule has 0 unspecified atom stereocenters. The monoisotopic (exact) mass is 562 g/mol. The first kappa shape index (κ1) is 25.8. The predicted octanol–water partition coefficient (Wildman–Crippen LogP) is 9.10. The third-order valence-corrected chi connectivity index (χ3v) is 10.3. The molecule has 0 bridgehead atoms. The average molecular weight is 563 g/mol. The maximum atomic E-state index is 2.67. The van der Waals surface area contributed by atoms with E-state index in [0.717, 1.165) is 0 Å². The Morgan fingerprint density at radius 3 is 1.79 bits per heavy atom. The lowest BCUT2D eigenvalue weighted by atomic mass is 9.46. The average Bonchev–Trinajstić information content (AvgIpc) is 3.31. The van der Waals surface area contributed by atoms with Crippen molar-refractivity contribution < 1.29 is 0 Å². The molecule has 0 aliphatic carbocycles. The van der Waals surface area contributed by atoms with E-state index < -0.39 is 0 Å². The second-order valence-electron chi connectivity index (χ2n) is 13.9. The molecule has 206 valence electrons. The van der Waals surface area contributed by atoms with Gasteiger partial charge in [-0.15, -0.1) is 0 Å². The van der Waals surface area contributed by atoms with Crippen LogP contribution in [0.15, 0.2) is 113 Å². The van der Waals surface area contributed by atoms with E-state index in [0.29, 0.717) is 0 Å². The summed E-state index contributed by atoms with van der Waals surface area (Å²) in [5.41, 5.74) is 12.0. The highest BCUT2D eigenvalue weighted by Gasteiger charge is 2.41. The van der Waals surface area contributed by atoms with Gasteiger partial charge < -0.3 is 9.38 Å². The molecule has 0 saturated heterocycles. The smallest absolute Gasteiger partial charge is 0.332 e. The fraction of sp³-hybridized carbons (Fsp3) is 0.211. The molecule has 2 nitrogen and oxygen atoms in total. The molecule has 6 aromatic rings. The number of para-hydroxylation sites is 3. The van der Waals surface area contributed by atoms with Crippen molar-refractivity contribution in [3.8, 4) is 5.69 Å². The molecular weight excluding hydrogens is 527 g/mol. The van der Waals surface area contributed by atoms with Crippen LogP contribution in [0, 0.1) is 0 Å². The van der Waals surface area contributed by atoms with Crippen molar-refractivity contribution in [1.29, 1.82) is 0 Å². The van der Waals surface area contributed by atoms with Crippen molar-refractivity contribution in [2.75, 3.05) is 4.81 Å². The SMILES string of the molecule is CC(C)(C)c1ccc2c(c1)N(B1c3ccccc3-n3c4ccccc4c4cccc1c43)c1cc(C(C)(C)C)ccc1S2. The van der Waals surface area contributed by atoms with Crippen molar-refractivity contribution in [1.82, 2.24) is 4.57 Å². The molecule has 0 radical (unpaired) electrons. The second-order valence-corrected chi connectivity index (χ2v) is 15.0. The normalized spacial score (nSPS) is 14.2. The molecule has 0 atom stereocenters. The van der Waals surface area contributed by atoms with Crippen molar-refractivity contribution in [2.24, 2.45) is 0 Å². The van der Waals surface area contributed by atoms with Crippen LogP contribution in [0.4, 0.5) is 11.4 Å². The van der Waals surface area contributed by atoms with Gasteiger partial charge >= 0.3 is 6.85 Å². The first-order valence-electron chi connectivity index (χ1n) is 15.0. The van der Waals surface area contributed by atoms with Crippen LogP contribution in [-0.4, -0.2) is 11.4 Å². The Kier molecular flexibility index (Phi) is 5.41. The van der Waals surface area contributed by atoms with Crippen LogP contribution < -0.4 is 15.7 Å². The Hall–Kier alpha value is -3.89. The van der Waals surface area contributed by atoms with E-state index in [1.54, 1.807) is 0 Å². The van der Waals surface area contributed by atoms with E-state index in [2.05, 4.69) is 154 Å². The third-order valence-electron chi connectivity index (χ3n) is 9.14. The number of anilines is 2. The van der Waals surface area contributed by atoms with Gasteiger partial charge in [-0.05, 0) is 69.3 Å². The molecule has 42 heavy (non-hydrogen) atoms. The highest BCUT2D eigenvalue weighted by atomic mass is 32.2. The van der Waals surface area contributed by atoms with Gasteiger partial charge in [0.15, 0.2) is 0 Å². The molecule has 0 saturated carbocycles. The summed E-state index contributed by atoms with van der Waals surface area (Å²) in [6.07, 6.45) is 0. The van der Waals surface area contributed by atoms with Gasteiger partial charge in [0.05, 0.1) is 11.0 Å². The fourth-order valence-electron chi connectivity index (χ4n) is 6.93. The first-order chi connectivity index (χ1) is 20.1. The van der Waals surface area contributed by atoms with Crippen molar-refractivity contribution in [3.63, 3.8) is 0 Å². The summed E-state index contributed by atoms with van der Waals surface area (Å²) < 4.78 is 2.50. The van der Waals surface area contributed by atoms with Gasteiger partial charge in [0, 0.05) is 37.6 Å². The van der Waals surface area contributed by atoms with E-state index in [-0.39, 0.29) is 17.7 Å². The summed E-state index contributed by atoms with van der Waals surface area (Å²) in [6, 6.07) is 39.1. The molecule has 0 fully saturated rings. The molecular formula is C38H35BN2S. The quantitative estimate of drug-likeness (QED) is 0.185. The Labute approximate surface area is 253 Å². The summed E-state index contributed by atoms with van der Waals surface area (Å²) in [6.45, 7) is 13.9. The lowest BCUT2D eigenvalue weighted by Crippen LogP contribution is -2.58. The van der Waals surface area contributed by atoms with Crippen LogP contribution in [0.5, 0.6) is 0 Å². The molecule has 0 N–H and O–H groups in total. The molecule has 8 rings (SSSR count). The number of benzene rings is 5. The Balaban J connectivity index is 1.49. The number of hydrogen-bond acceptors (Lipinski definition) is 2. The molecule has 2 aliphatic rings. The summed E-state index contributed by atoms with van der Waals surface area (Å²) in [5, 5.41) is 2.63. The predicted molar refractivity (Wildman–Crippen MR) is 182 cm³/mol. The highest BCUT2D eigenvalue weighted by Crippen LogP contribution is 2.51. The van der Waals surface area contributed by atoms with Crippen LogP contribution in [0.2, 0.25) is 0 Å². The number of fused-ring (bicyclic) bond motifs is 7. The van der Waals surface area contributed by atoms with E-state index in [4.69, 9.17) is 0 Å². The van der Waals surface area contributed by atoms with Crippen LogP contribution in [0.25, 0.3) is 27.5 Å². The largest absolute Gasteiger partial charge is 0.375 e. The minimum absolute atomic E-state index is 0.0329. The maximum Gasteiger partial charge on any atom is 0.332 e. The zero-order valence-electron chi connectivity index (χ0n) is 25.2. The highest BCUT2D eigenvalue weighted by molar-refractivity contribution is 7.99. The lowest BCUT2D eigenvalue weighted by molar-refractivity contribution is 0.589. The zero-order valence-corrected chi connectivity index (χ0v) is 26.0. The molecule has 0 amide bonds. The fourth-order valence-corrected chi connectivity index (χ4v) is 7.96. The summed E-state index contributed by atoms with van der Waals surface area (Å²) in [4.78, 5) is 5.30. The summed E-state index contributed by atoms with van der Waals surface area (Å²) >= 11 is 1.91. The minimum atomic E-state index is 0.0329. The Morgan fingerprint density at radius 2 is 1.12 bits per heavy atom. The van der Waals surface area contributed by atoms with Gasteiger partial charge in [-0.2, -0.15) is 0 Å². The van der Waals surface area contributed by atoms with Crippen LogP contribution in [0.3, 0.4) is 0 Å². The molecule has 2 aliphatic heterocycles. The Bertz CT molecular complexity index is 1990. The Morgan fingerprint density at radius 1 is 0.548 bits per heavy atom. The number of rotatable bonds is 1. The van der Waals surface area contributed by atoms with Crippen molar-refractivity contribution in [2.45, 2.75) is 62.2 Å². The van der Waals surface area contributed by atoms with Crippen molar-refractivity contribution in [3.05, 3.63) is 114 Å². The van der Waals surface area contributed by atoms with Gasteiger partial charge in [0.1, 0.15) is 0 Å². The standard InChI is InChI=1S/C38H35BN2S/c1-37(2,3)24-18-20-34-32(22-24)41(33-23-25(38(4,5)6)19-21-35(33)42-34)39-28-14-8-10-17-31(28)40-30-16-9-7-12-26(30)27-13-11-15-29(39)36(27)40/h7-23H,1-6H3. The third kappa shape index (κ3) is 3.67. The van der Waals surface area contributed by atoms with Gasteiger partial charge in [-0.1, -0.05) is 120 Å². The van der Waals surface area contributed by atoms with Crippen molar-refractivity contribution >= 4 is 62.7 Å². The van der Waals surface area contributed by atoms with E-state index >= 15 is 0 Å². The van der Waals surface area contributed by atoms with Gasteiger partial charge in [-0.25, -0.2) is 0 Å². The number of aromatic nitrogens is 1. The summed E-state index contributed by atoms with van der Waals surface area (Å²) in [7, 11) is 0. The topological polar surface area (TPSA) is 8.17 Å². The van der Waals surface area contributed by atoms with Gasteiger partial charge in [0.2, 0.25) is 0 Å². The first-order valence-corrected chi connectivity index (χ1v) is 15.8. The molecule has 4 heteroatoms. The van der Waals surface area contributed by atoms with Crippen LogP contribution >= 0.6 is 11.8 Å². The van der Waals surface area contributed by atoms with Crippen LogP contribution in [0.1, 0.15) is 52.7 Å².